The second kappa shape index (κ2) is 6.52. The third kappa shape index (κ3) is 3.24. The van der Waals surface area contributed by atoms with Crippen LogP contribution in [0.25, 0.3) is 0 Å². The monoisotopic (exact) mass is 406 g/mol. The van der Waals surface area contributed by atoms with Gasteiger partial charge in [-0.15, -0.1) is 0 Å². The van der Waals surface area contributed by atoms with Gasteiger partial charge in [-0.3, -0.25) is 0 Å². The van der Waals surface area contributed by atoms with Gasteiger partial charge in [0.25, 0.3) is 5.60 Å². The lowest BCUT2D eigenvalue weighted by molar-refractivity contribution is -0.279. The van der Waals surface area contributed by atoms with Crippen LogP contribution in [0.4, 0.5) is 13.2 Å². The molecule has 0 saturated carbocycles. The topological polar surface area (TPSA) is 35.5 Å². The average Bonchev–Trinajstić information content (AvgIpc) is 2.72. The van der Waals surface area contributed by atoms with E-state index in [0.717, 1.165) is 11.6 Å². The number of hydrogen-bond donors (Lipinski definition) is 0. The summed E-state index contributed by atoms with van der Waals surface area (Å²) in [5.41, 5.74) is -4.04. The molecular formula is C17H18BrF3O3. The Morgan fingerprint density at radius 3 is 2.25 bits per heavy atom. The highest BCUT2D eigenvalue weighted by atomic mass is 79.9. The molecule has 1 aliphatic carbocycles. The van der Waals surface area contributed by atoms with E-state index in [4.69, 9.17) is 9.47 Å². The summed E-state index contributed by atoms with van der Waals surface area (Å²) in [6.45, 7) is 3.59. The van der Waals surface area contributed by atoms with Gasteiger partial charge in [-0.05, 0) is 4.48 Å². The van der Waals surface area contributed by atoms with E-state index in [2.05, 4.69) is 15.9 Å². The van der Waals surface area contributed by atoms with Crippen LogP contribution in [0, 0.1) is 5.41 Å². The number of hydrogen-bond acceptors (Lipinski definition) is 3. The molecule has 0 N–H and O–H groups in total. The van der Waals surface area contributed by atoms with Crippen LogP contribution in [0.5, 0.6) is 0 Å². The van der Waals surface area contributed by atoms with Crippen LogP contribution in [0.15, 0.2) is 40.9 Å². The number of carbonyl (C=O) groups excluding carboxylic acids is 1. The summed E-state index contributed by atoms with van der Waals surface area (Å²) in [5.74, 6) is -1.46. The fourth-order valence-corrected chi connectivity index (χ4v) is 3.67. The van der Waals surface area contributed by atoms with Crippen molar-refractivity contribution in [3.8, 4) is 0 Å². The molecular weight excluding hydrogens is 389 g/mol. The molecule has 2 rings (SSSR count). The average molecular weight is 407 g/mol. The number of carbonyl (C=O) groups is 1. The summed E-state index contributed by atoms with van der Waals surface area (Å²) in [4.78, 5) is 12.6. The van der Waals surface area contributed by atoms with Gasteiger partial charge >= 0.3 is 12.1 Å². The van der Waals surface area contributed by atoms with Crippen LogP contribution < -0.4 is 0 Å². The summed E-state index contributed by atoms with van der Waals surface area (Å²) in [7, 11) is 0.857. The predicted octanol–water partition coefficient (Wildman–Crippen LogP) is 4.71. The van der Waals surface area contributed by atoms with Crippen LogP contribution in [0.1, 0.15) is 25.8 Å². The lowest BCUT2D eigenvalue weighted by Crippen LogP contribution is -2.53. The molecule has 1 aliphatic rings. The minimum absolute atomic E-state index is 0.312. The Hall–Kier alpha value is -1.34. The molecule has 0 bridgehead atoms. The van der Waals surface area contributed by atoms with Crippen LogP contribution in [-0.4, -0.2) is 25.4 Å². The van der Waals surface area contributed by atoms with Crippen LogP contribution in [0.3, 0.4) is 0 Å². The van der Waals surface area contributed by atoms with Gasteiger partial charge in [-0.1, -0.05) is 66.2 Å². The Balaban J connectivity index is 2.40. The molecule has 0 spiro atoms. The van der Waals surface area contributed by atoms with Crippen molar-refractivity contribution >= 4 is 21.9 Å². The van der Waals surface area contributed by atoms with Crippen molar-refractivity contribution in [3.05, 3.63) is 46.5 Å². The predicted molar refractivity (Wildman–Crippen MR) is 86.5 cm³/mol. The summed E-state index contributed by atoms with van der Waals surface area (Å²) in [6, 6.07) is 6.80. The van der Waals surface area contributed by atoms with E-state index in [9.17, 15) is 18.0 Å². The number of halogens is 4. The molecule has 0 radical (unpaired) electrons. The Labute approximate surface area is 147 Å². The van der Waals surface area contributed by atoms with E-state index in [1.165, 1.54) is 24.3 Å². The molecule has 3 nitrogen and oxygen atoms in total. The zero-order valence-electron chi connectivity index (χ0n) is 13.5. The summed E-state index contributed by atoms with van der Waals surface area (Å²) in [5, 5.41) is 0. The van der Waals surface area contributed by atoms with Crippen molar-refractivity contribution in [1.82, 2.24) is 0 Å². The van der Waals surface area contributed by atoms with E-state index in [0.29, 0.717) is 6.42 Å². The fraction of sp³-hybridized carbons (Fsp3) is 0.471. The minimum atomic E-state index is -4.96. The highest BCUT2D eigenvalue weighted by Crippen LogP contribution is 2.46. The van der Waals surface area contributed by atoms with E-state index in [1.54, 1.807) is 19.9 Å². The molecule has 2 atom stereocenters. The smallest absolute Gasteiger partial charge is 0.432 e. The lowest BCUT2D eigenvalue weighted by atomic mass is 9.89. The Kier molecular flexibility index (Phi) is 5.16. The van der Waals surface area contributed by atoms with Crippen molar-refractivity contribution in [2.45, 2.75) is 38.1 Å². The summed E-state index contributed by atoms with van der Waals surface area (Å²) in [6.07, 6.45) is -3.52. The van der Waals surface area contributed by atoms with Crippen LogP contribution in [0.2, 0.25) is 0 Å². The number of benzene rings is 1. The van der Waals surface area contributed by atoms with E-state index >= 15 is 0 Å². The molecule has 1 aromatic rings. The summed E-state index contributed by atoms with van der Waals surface area (Å²) < 4.78 is 52.2. The van der Waals surface area contributed by atoms with Gasteiger partial charge in [-0.25, -0.2) is 4.79 Å². The highest BCUT2D eigenvalue weighted by Gasteiger charge is 2.64. The Morgan fingerprint density at radius 2 is 1.83 bits per heavy atom. The lowest BCUT2D eigenvalue weighted by Gasteiger charge is -2.35. The second-order valence-corrected chi connectivity index (χ2v) is 7.28. The van der Waals surface area contributed by atoms with Gasteiger partial charge in [0, 0.05) is 24.5 Å². The van der Waals surface area contributed by atoms with Crippen molar-refractivity contribution in [1.29, 1.82) is 0 Å². The number of ether oxygens (including phenoxy) is 2. The maximum Gasteiger partial charge on any atom is 0.432 e. The van der Waals surface area contributed by atoms with Gasteiger partial charge in [-0.2, -0.15) is 13.2 Å². The maximum atomic E-state index is 13.8. The van der Waals surface area contributed by atoms with Crippen molar-refractivity contribution in [2.24, 2.45) is 5.41 Å². The van der Waals surface area contributed by atoms with Gasteiger partial charge < -0.3 is 9.47 Å². The first-order chi connectivity index (χ1) is 11.0. The van der Waals surface area contributed by atoms with Gasteiger partial charge in [0.2, 0.25) is 0 Å². The first kappa shape index (κ1) is 19.0. The van der Waals surface area contributed by atoms with Gasteiger partial charge in [0.05, 0.1) is 0 Å². The minimum Gasteiger partial charge on any atom is -0.458 e. The van der Waals surface area contributed by atoms with E-state index < -0.39 is 29.3 Å². The number of rotatable bonds is 4. The highest BCUT2D eigenvalue weighted by molar-refractivity contribution is 9.11. The molecule has 0 heterocycles. The molecule has 7 heteroatoms. The standard InChI is InChI=1S/C17H18BrF3O3/c1-15(2)10-12(18)9-13(15)24-14(22)16(23-3,17(19,20)21)11-7-5-4-6-8-11/h4-8,10,13H,9H2,1-3H3/t13-,16-/m0/s1. The maximum absolute atomic E-state index is 13.8. The SMILES string of the molecule is CO[C@](C(=O)O[C@H]1CC(Br)=CC1(C)C)(c1ccccc1)C(F)(F)F. The molecule has 0 fully saturated rings. The largest absolute Gasteiger partial charge is 0.458 e. The molecule has 0 aliphatic heterocycles. The third-order valence-corrected chi connectivity index (χ3v) is 4.71. The van der Waals surface area contributed by atoms with Crippen LogP contribution >= 0.6 is 15.9 Å². The zero-order chi connectivity index (χ0) is 18.2. The van der Waals surface area contributed by atoms with Crippen molar-refractivity contribution in [3.63, 3.8) is 0 Å². The molecule has 0 amide bonds. The molecule has 0 saturated heterocycles. The molecule has 132 valence electrons. The van der Waals surface area contributed by atoms with E-state index in [1.807, 2.05) is 6.08 Å². The van der Waals surface area contributed by atoms with Gasteiger partial charge in [0.1, 0.15) is 6.10 Å². The van der Waals surface area contributed by atoms with E-state index in [-0.39, 0.29) is 5.56 Å². The van der Waals surface area contributed by atoms with Crippen molar-refractivity contribution in [2.75, 3.05) is 7.11 Å². The summed E-state index contributed by atoms with van der Waals surface area (Å²) >= 11 is 3.31. The third-order valence-electron chi connectivity index (χ3n) is 4.16. The first-order valence-electron chi connectivity index (χ1n) is 7.30. The molecule has 1 aromatic carbocycles. The number of alkyl halides is 3. The van der Waals surface area contributed by atoms with Gasteiger partial charge in [0.15, 0.2) is 0 Å². The second-order valence-electron chi connectivity index (χ2n) is 6.26. The number of esters is 1. The normalized spacial score (nSPS) is 22.6. The quantitative estimate of drug-likeness (QED) is 0.679. The Morgan fingerprint density at radius 1 is 1.25 bits per heavy atom. The zero-order valence-corrected chi connectivity index (χ0v) is 15.1. The fourth-order valence-electron chi connectivity index (χ4n) is 2.79. The van der Waals surface area contributed by atoms with Crippen LogP contribution in [-0.2, 0) is 19.9 Å². The Bertz CT molecular complexity index is 640. The molecule has 0 aromatic heterocycles. The molecule has 24 heavy (non-hydrogen) atoms. The number of methoxy groups -OCH3 is 1. The molecule has 0 unspecified atom stereocenters. The van der Waals surface area contributed by atoms with Crippen molar-refractivity contribution < 1.29 is 27.4 Å². The first-order valence-corrected chi connectivity index (χ1v) is 8.09.